The van der Waals surface area contributed by atoms with Gasteiger partial charge < -0.3 is 10.6 Å². The number of hydrogen-bond donors (Lipinski definition) is 1. The van der Waals surface area contributed by atoms with Gasteiger partial charge in [-0.2, -0.15) is 0 Å². The van der Waals surface area contributed by atoms with Gasteiger partial charge >= 0.3 is 0 Å². The Bertz CT molecular complexity index is 228. The molecular weight excluding hydrogens is 224 g/mol. The van der Waals surface area contributed by atoms with E-state index in [0.29, 0.717) is 5.41 Å². The summed E-state index contributed by atoms with van der Waals surface area (Å²) in [5, 5.41) is 0. The van der Waals surface area contributed by atoms with Crippen molar-refractivity contribution in [2.75, 3.05) is 13.1 Å². The Morgan fingerprint density at radius 2 is 1.75 bits per heavy atom. The maximum Gasteiger partial charge on any atom is 0.239 e. The molecule has 1 saturated heterocycles. The second-order valence-electron chi connectivity index (χ2n) is 5.75. The van der Waals surface area contributed by atoms with Crippen molar-refractivity contribution in [3.05, 3.63) is 0 Å². The molecule has 96 valence electrons. The van der Waals surface area contributed by atoms with E-state index in [-0.39, 0.29) is 24.4 Å². The van der Waals surface area contributed by atoms with Gasteiger partial charge in [0.1, 0.15) is 0 Å². The molecule has 16 heavy (non-hydrogen) atoms. The number of carbonyl (C=O) groups excluding carboxylic acids is 1. The highest BCUT2D eigenvalue weighted by molar-refractivity contribution is 5.85. The van der Waals surface area contributed by atoms with Crippen LogP contribution in [-0.2, 0) is 4.79 Å². The van der Waals surface area contributed by atoms with E-state index in [1.165, 1.54) is 0 Å². The van der Waals surface area contributed by atoms with Gasteiger partial charge in [0.2, 0.25) is 5.91 Å². The first-order chi connectivity index (χ1) is 6.82. The molecule has 0 aromatic heterocycles. The van der Waals surface area contributed by atoms with E-state index >= 15 is 0 Å². The van der Waals surface area contributed by atoms with Crippen molar-refractivity contribution in [1.82, 2.24) is 4.90 Å². The molecule has 1 heterocycles. The summed E-state index contributed by atoms with van der Waals surface area (Å²) < 4.78 is 0. The van der Waals surface area contributed by atoms with Gasteiger partial charge in [0, 0.05) is 13.1 Å². The van der Waals surface area contributed by atoms with Gasteiger partial charge in [0.25, 0.3) is 0 Å². The van der Waals surface area contributed by atoms with E-state index in [2.05, 4.69) is 20.8 Å². The quantitative estimate of drug-likeness (QED) is 0.772. The lowest BCUT2D eigenvalue weighted by atomic mass is 9.75. The highest BCUT2D eigenvalue weighted by atomic mass is 35.5. The molecule has 1 fully saturated rings. The smallest absolute Gasteiger partial charge is 0.239 e. The van der Waals surface area contributed by atoms with Crippen molar-refractivity contribution >= 4 is 18.3 Å². The summed E-state index contributed by atoms with van der Waals surface area (Å²) in [5.74, 6) is 0.831. The lowest BCUT2D eigenvalue weighted by Gasteiger charge is -2.39. The third-order valence-corrected chi connectivity index (χ3v) is 3.42. The molecule has 1 aliphatic heterocycles. The first kappa shape index (κ1) is 15.7. The molecule has 2 N–H and O–H groups in total. The number of hydrogen-bond acceptors (Lipinski definition) is 2. The predicted molar refractivity (Wildman–Crippen MR) is 69.7 cm³/mol. The van der Waals surface area contributed by atoms with E-state index in [0.717, 1.165) is 31.8 Å². The molecule has 1 rings (SSSR count). The minimum absolute atomic E-state index is 0. The van der Waals surface area contributed by atoms with Crippen molar-refractivity contribution in [2.45, 2.75) is 46.6 Å². The van der Waals surface area contributed by atoms with E-state index in [9.17, 15) is 4.79 Å². The Morgan fingerprint density at radius 3 is 2.06 bits per heavy atom. The van der Waals surface area contributed by atoms with Gasteiger partial charge in [-0.1, -0.05) is 20.8 Å². The number of nitrogens with two attached hydrogens (primary N) is 1. The van der Waals surface area contributed by atoms with E-state index in [4.69, 9.17) is 5.73 Å². The minimum atomic E-state index is -0.351. The Labute approximate surface area is 105 Å². The lowest BCUT2D eigenvalue weighted by Crippen LogP contribution is -2.47. The number of amides is 1. The van der Waals surface area contributed by atoms with Gasteiger partial charge in [-0.15, -0.1) is 12.4 Å². The molecule has 1 atom stereocenters. The van der Waals surface area contributed by atoms with Crippen LogP contribution in [-0.4, -0.2) is 29.9 Å². The van der Waals surface area contributed by atoms with Crippen LogP contribution in [0, 0.1) is 11.3 Å². The summed E-state index contributed by atoms with van der Waals surface area (Å²) in [4.78, 5) is 13.6. The fourth-order valence-electron chi connectivity index (χ4n) is 2.25. The molecule has 4 heteroatoms. The zero-order valence-corrected chi connectivity index (χ0v) is 11.6. The molecule has 3 nitrogen and oxygen atoms in total. The van der Waals surface area contributed by atoms with Crippen LogP contribution < -0.4 is 5.73 Å². The highest BCUT2D eigenvalue weighted by Crippen LogP contribution is 2.34. The zero-order chi connectivity index (χ0) is 11.6. The van der Waals surface area contributed by atoms with Crippen molar-refractivity contribution < 1.29 is 4.79 Å². The molecule has 0 spiro atoms. The fourth-order valence-corrected chi connectivity index (χ4v) is 2.25. The third kappa shape index (κ3) is 3.95. The average Bonchev–Trinajstić information content (AvgIpc) is 2.15. The Kier molecular flexibility index (Phi) is 5.77. The summed E-state index contributed by atoms with van der Waals surface area (Å²) >= 11 is 0. The number of nitrogens with zero attached hydrogens (tertiary/aromatic N) is 1. The molecule has 0 radical (unpaired) electrons. The second-order valence-corrected chi connectivity index (χ2v) is 5.75. The number of halogens is 1. The van der Waals surface area contributed by atoms with Crippen molar-refractivity contribution in [2.24, 2.45) is 17.1 Å². The van der Waals surface area contributed by atoms with Crippen LogP contribution in [0.4, 0.5) is 0 Å². The molecule has 0 saturated carbocycles. The maximum absolute atomic E-state index is 11.7. The van der Waals surface area contributed by atoms with Crippen molar-refractivity contribution in [1.29, 1.82) is 0 Å². The van der Waals surface area contributed by atoms with E-state index < -0.39 is 0 Å². The van der Waals surface area contributed by atoms with Gasteiger partial charge in [-0.25, -0.2) is 0 Å². The Morgan fingerprint density at radius 1 is 1.31 bits per heavy atom. The number of likely N-dealkylation sites (tertiary alicyclic amines) is 1. The Balaban J connectivity index is 0.00000225. The van der Waals surface area contributed by atoms with Crippen LogP contribution in [0.2, 0.25) is 0 Å². The molecule has 0 aromatic rings. The number of piperidine rings is 1. The largest absolute Gasteiger partial charge is 0.341 e. The molecule has 0 unspecified atom stereocenters. The van der Waals surface area contributed by atoms with Crippen LogP contribution in [0.15, 0.2) is 0 Å². The summed E-state index contributed by atoms with van der Waals surface area (Å²) in [6, 6.07) is -0.351. The number of carbonyl (C=O) groups is 1. The van der Waals surface area contributed by atoms with Crippen LogP contribution in [0.5, 0.6) is 0 Å². The Hall–Kier alpha value is -0.280. The molecule has 0 aliphatic carbocycles. The first-order valence-electron chi connectivity index (χ1n) is 5.86. The zero-order valence-electron chi connectivity index (χ0n) is 10.8. The summed E-state index contributed by atoms with van der Waals surface area (Å²) in [5.41, 5.74) is 5.96. The van der Waals surface area contributed by atoms with Crippen LogP contribution >= 0.6 is 12.4 Å². The molecule has 0 bridgehead atoms. The average molecular weight is 249 g/mol. The van der Waals surface area contributed by atoms with Gasteiger partial charge in [-0.3, -0.25) is 4.79 Å². The van der Waals surface area contributed by atoms with Gasteiger partial charge in [0.15, 0.2) is 0 Å². The fraction of sp³-hybridized carbons (Fsp3) is 0.917. The van der Waals surface area contributed by atoms with E-state index in [1.807, 2.05) is 4.90 Å². The summed E-state index contributed by atoms with van der Waals surface area (Å²) in [6.07, 6.45) is 2.23. The van der Waals surface area contributed by atoms with E-state index in [1.54, 1.807) is 6.92 Å². The molecule has 0 aromatic carbocycles. The SMILES string of the molecule is C[C@H](N)C(=O)N1CCC(C(C)(C)C)CC1.Cl. The first-order valence-corrected chi connectivity index (χ1v) is 5.86. The van der Waals surface area contributed by atoms with Gasteiger partial charge in [-0.05, 0) is 31.1 Å². The standard InChI is InChI=1S/C12H24N2O.ClH/c1-9(13)11(15)14-7-5-10(6-8-14)12(2,3)4;/h9-10H,5-8,13H2,1-4H3;1H/t9-;/m0./s1. The third-order valence-electron chi connectivity index (χ3n) is 3.42. The maximum atomic E-state index is 11.7. The van der Waals surface area contributed by atoms with Crippen LogP contribution in [0.3, 0.4) is 0 Å². The topological polar surface area (TPSA) is 46.3 Å². The van der Waals surface area contributed by atoms with Crippen molar-refractivity contribution in [3.63, 3.8) is 0 Å². The van der Waals surface area contributed by atoms with Crippen LogP contribution in [0.1, 0.15) is 40.5 Å². The minimum Gasteiger partial charge on any atom is -0.341 e. The molecule has 1 aliphatic rings. The van der Waals surface area contributed by atoms with Gasteiger partial charge in [0.05, 0.1) is 6.04 Å². The van der Waals surface area contributed by atoms with Crippen LogP contribution in [0.25, 0.3) is 0 Å². The normalized spacial score (nSPS) is 20.2. The predicted octanol–water partition coefficient (Wildman–Crippen LogP) is 2.04. The summed E-state index contributed by atoms with van der Waals surface area (Å²) in [7, 11) is 0. The highest BCUT2D eigenvalue weighted by Gasteiger charge is 2.30. The lowest BCUT2D eigenvalue weighted by molar-refractivity contribution is -0.134. The monoisotopic (exact) mass is 248 g/mol. The number of rotatable bonds is 1. The molecule has 1 amide bonds. The summed E-state index contributed by atoms with van der Waals surface area (Å²) in [6.45, 7) is 10.4. The molecular formula is C12H25ClN2O. The van der Waals surface area contributed by atoms with Crippen molar-refractivity contribution in [3.8, 4) is 0 Å². The second kappa shape index (κ2) is 5.87.